The van der Waals surface area contributed by atoms with Crippen LogP contribution in [0.4, 0.5) is 0 Å². The molecule has 5 atom stereocenters. The van der Waals surface area contributed by atoms with Gasteiger partial charge >= 0.3 is 0 Å². The molecule has 3 fully saturated rings. The van der Waals surface area contributed by atoms with Crippen LogP contribution >= 0.6 is 0 Å². The molecule has 0 heteroatoms. The fourth-order valence-corrected chi connectivity index (χ4v) is 7.17. The van der Waals surface area contributed by atoms with Crippen LogP contribution in [0.1, 0.15) is 86.5 Å². The van der Waals surface area contributed by atoms with Crippen molar-refractivity contribution in [1.82, 2.24) is 0 Å². The topological polar surface area (TPSA) is 0 Å². The van der Waals surface area contributed by atoms with Crippen molar-refractivity contribution in [3.63, 3.8) is 0 Å². The van der Waals surface area contributed by atoms with Gasteiger partial charge in [0.05, 0.1) is 0 Å². The Morgan fingerprint density at radius 3 is 2.21 bits per heavy atom. The summed E-state index contributed by atoms with van der Waals surface area (Å²) < 4.78 is 0. The van der Waals surface area contributed by atoms with Crippen LogP contribution in [-0.2, 0) is 0 Å². The summed E-state index contributed by atoms with van der Waals surface area (Å²) in [7, 11) is 0. The van der Waals surface area contributed by atoms with Crippen molar-refractivity contribution in [1.29, 1.82) is 0 Å². The second-order valence-electron chi connectivity index (χ2n) is 8.83. The Labute approximate surface area is 120 Å². The number of hydrogen-bond donors (Lipinski definition) is 0. The minimum Gasteiger partial charge on any atom is -0.0654 e. The highest BCUT2D eigenvalue weighted by Crippen LogP contribution is 2.94. The van der Waals surface area contributed by atoms with Gasteiger partial charge in [-0.3, -0.25) is 0 Å². The van der Waals surface area contributed by atoms with E-state index >= 15 is 0 Å². The quantitative estimate of drug-likeness (QED) is 0.578. The number of hydrogen-bond acceptors (Lipinski definition) is 0. The molecular formula is C19H34. The highest BCUT2D eigenvalue weighted by atomic mass is 14.9. The van der Waals surface area contributed by atoms with Gasteiger partial charge in [0.15, 0.2) is 0 Å². The molecule has 3 aliphatic carbocycles. The lowest BCUT2D eigenvalue weighted by Gasteiger charge is -2.53. The molecule has 3 saturated carbocycles. The van der Waals surface area contributed by atoms with Crippen LogP contribution < -0.4 is 0 Å². The lowest BCUT2D eigenvalue weighted by atomic mass is 9.51. The Hall–Kier alpha value is 0. The molecule has 0 nitrogen and oxygen atoms in total. The summed E-state index contributed by atoms with van der Waals surface area (Å²) in [6.45, 7) is 15.0. The summed E-state index contributed by atoms with van der Waals surface area (Å²) in [6, 6.07) is 0. The van der Waals surface area contributed by atoms with E-state index in [4.69, 9.17) is 0 Å². The molecule has 2 unspecified atom stereocenters. The first-order valence-electron chi connectivity index (χ1n) is 8.84. The molecule has 19 heavy (non-hydrogen) atoms. The fourth-order valence-electron chi connectivity index (χ4n) is 7.17. The lowest BCUT2D eigenvalue weighted by Crippen LogP contribution is -2.45. The van der Waals surface area contributed by atoms with Crippen molar-refractivity contribution in [2.24, 2.45) is 33.5 Å². The third-order valence-electron chi connectivity index (χ3n) is 8.82. The molecule has 0 N–H and O–H groups in total. The third kappa shape index (κ3) is 1.28. The van der Waals surface area contributed by atoms with Crippen molar-refractivity contribution in [3.05, 3.63) is 0 Å². The summed E-state index contributed by atoms with van der Waals surface area (Å²) in [5.74, 6) is 1.87. The van der Waals surface area contributed by atoms with Crippen LogP contribution in [0.2, 0.25) is 0 Å². The van der Waals surface area contributed by atoms with E-state index < -0.39 is 0 Å². The van der Waals surface area contributed by atoms with E-state index in [0.717, 1.165) is 22.7 Å². The maximum absolute atomic E-state index is 2.66. The van der Waals surface area contributed by atoms with Crippen molar-refractivity contribution in [2.45, 2.75) is 86.5 Å². The average Bonchev–Trinajstić information content (AvgIpc) is 2.73. The first-order chi connectivity index (χ1) is 8.84. The van der Waals surface area contributed by atoms with E-state index in [0.29, 0.717) is 10.8 Å². The molecule has 0 radical (unpaired) electrons. The van der Waals surface area contributed by atoms with Gasteiger partial charge in [-0.1, -0.05) is 54.4 Å². The monoisotopic (exact) mass is 262 g/mol. The van der Waals surface area contributed by atoms with E-state index in [1.807, 2.05) is 0 Å². The zero-order chi connectivity index (χ0) is 14.1. The minimum absolute atomic E-state index is 0.670. The van der Waals surface area contributed by atoms with Gasteiger partial charge in [-0.05, 0) is 65.6 Å². The van der Waals surface area contributed by atoms with Gasteiger partial charge in [0.25, 0.3) is 0 Å². The summed E-state index contributed by atoms with van der Waals surface area (Å²) in [4.78, 5) is 0. The molecule has 3 aliphatic rings. The standard InChI is InChI=1S/C19H34/c1-7-9-19-13-18(16(19,6)15(19)5)11-10-17(8-2,12-18)14(3)4/h14-15H,7-13H2,1-6H3/t15-,16+,17-,18?,19?/m0/s1. The number of rotatable bonds is 4. The fraction of sp³-hybridized carbons (Fsp3) is 1.00. The summed E-state index contributed by atoms with van der Waals surface area (Å²) >= 11 is 0. The maximum atomic E-state index is 2.66. The Morgan fingerprint density at radius 1 is 1.11 bits per heavy atom. The number of fused-ring (bicyclic) bond motifs is 2. The molecule has 0 aliphatic heterocycles. The second kappa shape index (κ2) is 3.80. The summed E-state index contributed by atoms with van der Waals surface area (Å²) in [5, 5.41) is 0. The predicted molar refractivity (Wildman–Crippen MR) is 83.1 cm³/mol. The molecular weight excluding hydrogens is 228 g/mol. The van der Waals surface area contributed by atoms with Gasteiger partial charge in [-0.25, -0.2) is 0 Å². The van der Waals surface area contributed by atoms with Gasteiger partial charge in [-0.15, -0.1) is 0 Å². The third-order valence-corrected chi connectivity index (χ3v) is 8.82. The van der Waals surface area contributed by atoms with Crippen LogP contribution in [0, 0.1) is 33.5 Å². The summed E-state index contributed by atoms with van der Waals surface area (Å²) in [6.07, 6.45) is 10.4. The summed E-state index contributed by atoms with van der Waals surface area (Å²) in [5.41, 5.74) is 2.88. The van der Waals surface area contributed by atoms with E-state index in [1.165, 1.54) is 32.1 Å². The Kier molecular flexibility index (Phi) is 2.79. The normalized spacial score (nSPS) is 55.4. The van der Waals surface area contributed by atoms with E-state index in [2.05, 4.69) is 41.5 Å². The smallest absolute Gasteiger partial charge is 0.0178 e. The van der Waals surface area contributed by atoms with Crippen molar-refractivity contribution in [3.8, 4) is 0 Å². The van der Waals surface area contributed by atoms with Gasteiger partial charge in [0.2, 0.25) is 0 Å². The molecule has 110 valence electrons. The zero-order valence-electron chi connectivity index (χ0n) is 14.1. The van der Waals surface area contributed by atoms with E-state index in [9.17, 15) is 0 Å². The second-order valence-corrected chi connectivity index (χ2v) is 8.83. The highest BCUT2D eigenvalue weighted by Gasteiger charge is 2.87. The Bertz CT molecular complexity index is 383. The van der Waals surface area contributed by atoms with Crippen LogP contribution in [0.25, 0.3) is 0 Å². The van der Waals surface area contributed by atoms with Crippen molar-refractivity contribution >= 4 is 0 Å². The zero-order valence-corrected chi connectivity index (χ0v) is 14.1. The minimum atomic E-state index is 0.670. The molecule has 0 aromatic heterocycles. The molecule has 0 amide bonds. The van der Waals surface area contributed by atoms with Crippen LogP contribution in [-0.4, -0.2) is 0 Å². The van der Waals surface area contributed by atoms with Crippen LogP contribution in [0.5, 0.6) is 0 Å². The molecule has 0 aromatic carbocycles. The Balaban J connectivity index is 1.83. The van der Waals surface area contributed by atoms with E-state index in [1.54, 1.807) is 12.8 Å². The van der Waals surface area contributed by atoms with Gasteiger partial charge < -0.3 is 0 Å². The molecule has 0 heterocycles. The largest absolute Gasteiger partial charge is 0.0654 e. The van der Waals surface area contributed by atoms with Gasteiger partial charge in [0.1, 0.15) is 0 Å². The first-order valence-corrected chi connectivity index (χ1v) is 8.84. The van der Waals surface area contributed by atoms with E-state index in [-0.39, 0.29) is 0 Å². The first kappa shape index (κ1) is 14.0. The molecule has 0 saturated heterocycles. The van der Waals surface area contributed by atoms with Crippen LogP contribution in [0.3, 0.4) is 0 Å². The maximum Gasteiger partial charge on any atom is -0.0178 e. The average molecular weight is 262 g/mol. The van der Waals surface area contributed by atoms with Crippen molar-refractivity contribution in [2.75, 3.05) is 0 Å². The molecule has 3 rings (SSSR count). The SMILES string of the molecule is CCCC12CC3(CC[C@](CC)(C(C)C)C3)[C@@]1(C)[C@@H]2C. The predicted octanol–water partition coefficient (Wildman–Crippen LogP) is 6.06. The van der Waals surface area contributed by atoms with Crippen molar-refractivity contribution < 1.29 is 0 Å². The lowest BCUT2D eigenvalue weighted by molar-refractivity contribution is -0.0455. The highest BCUT2D eigenvalue weighted by molar-refractivity contribution is 5.35. The molecule has 0 bridgehead atoms. The molecule has 0 aromatic rings. The van der Waals surface area contributed by atoms with Gasteiger partial charge in [-0.2, -0.15) is 0 Å². The Morgan fingerprint density at radius 2 is 1.79 bits per heavy atom. The van der Waals surface area contributed by atoms with Crippen LogP contribution in [0.15, 0.2) is 0 Å². The molecule has 1 spiro atoms. The van der Waals surface area contributed by atoms with Gasteiger partial charge in [0, 0.05) is 0 Å².